The lowest BCUT2D eigenvalue weighted by Crippen LogP contribution is -2.47. The molecule has 4 nitrogen and oxygen atoms in total. The zero-order valence-corrected chi connectivity index (χ0v) is 9.67. The molecule has 1 aliphatic heterocycles. The Kier molecular flexibility index (Phi) is 3.30. The summed E-state index contributed by atoms with van der Waals surface area (Å²) in [7, 11) is 0. The molecule has 4 atom stereocenters. The summed E-state index contributed by atoms with van der Waals surface area (Å²) in [5, 5.41) is 9.76. The van der Waals surface area contributed by atoms with Crippen molar-refractivity contribution in [2.75, 3.05) is 13.1 Å². The molecule has 0 aromatic heterocycles. The highest BCUT2D eigenvalue weighted by molar-refractivity contribution is 5.81. The number of β-amino-alcohol motifs (C(OH)–C–C–N with tert-alkyl or cyclic N) is 1. The Morgan fingerprint density at radius 3 is 2.81 bits per heavy atom. The molecule has 1 aliphatic carbocycles. The number of carbonyl (C=O) groups is 1. The van der Waals surface area contributed by atoms with Gasteiger partial charge in [0, 0.05) is 19.1 Å². The monoisotopic (exact) mass is 224 g/mol. The zero-order chi connectivity index (χ0) is 11.7. The van der Waals surface area contributed by atoms with Gasteiger partial charge in [0.25, 0.3) is 0 Å². The van der Waals surface area contributed by atoms with Crippen molar-refractivity contribution in [2.24, 2.45) is 17.6 Å². The van der Waals surface area contributed by atoms with E-state index in [0.29, 0.717) is 18.9 Å². The lowest BCUT2D eigenvalue weighted by Gasteiger charge is -2.35. The van der Waals surface area contributed by atoms with Gasteiger partial charge >= 0.3 is 0 Å². The molecule has 0 spiro atoms. The summed E-state index contributed by atoms with van der Waals surface area (Å²) in [6, 6.07) is 0.0163. The molecule has 16 heavy (non-hydrogen) atoms. The average molecular weight is 224 g/mol. The first-order valence-electron chi connectivity index (χ1n) is 5.98. The van der Waals surface area contributed by atoms with Gasteiger partial charge in [-0.1, -0.05) is 19.1 Å². The molecule has 0 radical (unpaired) electrons. The van der Waals surface area contributed by atoms with E-state index in [-0.39, 0.29) is 24.0 Å². The predicted molar refractivity (Wildman–Crippen MR) is 61.6 cm³/mol. The second kappa shape index (κ2) is 4.55. The topological polar surface area (TPSA) is 66.6 Å². The van der Waals surface area contributed by atoms with E-state index in [4.69, 9.17) is 5.73 Å². The van der Waals surface area contributed by atoms with E-state index < -0.39 is 0 Å². The van der Waals surface area contributed by atoms with Gasteiger partial charge < -0.3 is 15.7 Å². The SMILES string of the molecule is CC1CCN(C(=O)C2C=CC(N)C2)CC1O. The Bertz CT molecular complexity index is 303. The summed E-state index contributed by atoms with van der Waals surface area (Å²) < 4.78 is 0. The van der Waals surface area contributed by atoms with Crippen LogP contribution in [0.4, 0.5) is 0 Å². The van der Waals surface area contributed by atoms with Crippen LogP contribution in [0.1, 0.15) is 19.8 Å². The van der Waals surface area contributed by atoms with Gasteiger partial charge in [-0.2, -0.15) is 0 Å². The molecule has 3 N–H and O–H groups in total. The molecule has 2 rings (SSSR count). The molecular formula is C12H20N2O2. The van der Waals surface area contributed by atoms with Gasteiger partial charge in [0.15, 0.2) is 0 Å². The normalized spacial score (nSPS) is 39.1. The number of carbonyl (C=O) groups excluding carboxylic acids is 1. The van der Waals surface area contributed by atoms with Crippen molar-refractivity contribution >= 4 is 5.91 Å². The number of hydrogen-bond donors (Lipinski definition) is 2. The van der Waals surface area contributed by atoms with Gasteiger partial charge in [0.05, 0.1) is 12.0 Å². The minimum absolute atomic E-state index is 0.0163. The zero-order valence-electron chi connectivity index (χ0n) is 9.67. The Morgan fingerprint density at radius 1 is 1.50 bits per heavy atom. The van der Waals surface area contributed by atoms with Gasteiger partial charge in [-0.25, -0.2) is 0 Å². The molecule has 4 heteroatoms. The first-order chi connectivity index (χ1) is 7.58. The fourth-order valence-corrected chi connectivity index (χ4v) is 2.39. The van der Waals surface area contributed by atoms with Crippen LogP contribution in [0, 0.1) is 11.8 Å². The highest BCUT2D eigenvalue weighted by Crippen LogP contribution is 2.23. The Balaban J connectivity index is 1.93. The molecule has 1 fully saturated rings. The molecular weight excluding hydrogens is 204 g/mol. The molecule has 0 aromatic rings. The van der Waals surface area contributed by atoms with Crippen LogP contribution in [-0.2, 0) is 4.79 Å². The second-order valence-corrected chi connectivity index (χ2v) is 5.01. The minimum Gasteiger partial charge on any atom is -0.391 e. The molecule has 2 aliphatic rings. The number of amides is 1. The first-order valence-corrected chi connectivity index (χ1v) is 5.98. The maximum absolute atomic E-state index is 12.1. The largest absolute Gasteiger partial charge is 0.391 e. The highest BCUT2D eigenvalue weighted by Gasteiger charge is 2.32. The maximum atomic E-state index is 12.1. The van der Waals surface area contributed by atoms with Crippen LogP contribution < -0.4 is 5.73 Å². The molecule has 1 saturated heterocycles. The maximum Gasteiger partial charge on any atom is 0.229 e. The predicted octanol–water partition coefficient (Wildman–Crippen LogP) is 0.119. The molecule has 1 heterocycles. The van der Waals surface area contributed by atoms with Gasteiger partial charge in [-0.15, -0.1) is 0 Å². The van der Waals surface area contributed by atoms with E-state index in [1.54, 1.807) is 4.90 Å². The minimum atomic E-state index is -0.378. The van der Waals surface area contributed by atoms with Gasteiger partial charge in [0.1, 0.15) is 0 Å². The summed E-state index contributed by atoms with van der Waals surface area (Å²) in [4.78, 5) is 13.9. The first kappa shape index (κ1) is 11.6. The van der Waals surface area contributed by atoms with Crippen LogP contribution in [0.25, 0.3) is 0 Å². The molecule has 0 saturated carbocycles. The highest BCUT2D eigenvalue weighted by atomic mass is 16.3. The number of rotatable bonds is 1. The number of aliphatic hydroxyl groups excluding tert-OH is 1. The van der Waals surface area contributed by atoms with Crippen LogP contribution in [0.15, 0.2) is 12.2 Å². The molecule has 90 valence electrons. The number of likely N-dealkylation sites (tertiary alicyclic amines) is 1. The molecule has 0 bridgehead atoms. The quantitative estimate of drug-likeness (QED) is 0.622. The average Bonchev–Trinajstić information content (AvgIpc) is 2.68. The van der Waals surface area contributed by atoms with E-state index in [1.807, 2.05) is 19.1 Å². The molecule has 0 aromatic carbocycles. The molecule has 1 amide bonds. The van der Waals surface area contributed by atoms with Crippen LogP contribution in [-0.4, -0.2) is 41.1 Å². The summed E-state index contributed by atoms with van der Waals surface area (Å²) in [6.45, 7) is 3.26. The summed E-state index contributed by atoms with van der Waals surface area (Å²) >= 11 is 0. The number of aliphatic hydroxyl groups is 1. The number of nitrogens with two attached hydrogens (primary N) is 1. The number of nitrogens with zero attached hydrogens (tertiary/aromatic N) is 1. The van der Waals surface area contributed by atoms with E-state index in [0.717, 1.165) is 13.0 Å². The van der Waals surface area contributed by atoms with Crippen molar-refractivity contribution in [3.63, 3.8) is 0 Å². The third kappa shape index (κ3) is 2.28. The van der Waals surface area contributed by atoms with Crippen LogP contribution in [0.3, 0.4) is 0 Å². The molecule has 4 unspecified atom stereocenters. The van der Waals surface area contributed by atoms with Crippen molar-refractivity contribution in [1.29, 1.82) is 0 Å². The second-order valence-electron chi connectivity index (χ2n) is 5.01. The van der Waals surface area contributed by atoms with Gasteiger partial charge in [-0.3, -0.25) is 4.79 Å². The standard InChI is InChI=1S/C12H20N2O2/c1-8-4-5-14(7-11(8)15)12(16)9-2-3-10(13)6-9/h2-3,8-11,15H,4-7,13H2,1H3. The lowest BCUT2D eigenvalue weighted by molar-refractivity contribution is -0.138. The van der Waals surface area contributed by atoms with Gasteiger partial charge in [-0.05, 0) is 18.8 Å². The van der Waals surface area contributed by atoms with Crippen LogP contribution >= 0.6 is 0 Å². The van der Waals surface area contributed by atoms with Crippen molar-refractivity contribution < 1.29 is 9.90 Å². The van der Waals surface area contributed by atoms with E-state index >= 15 is 0 Å². The van der Waals surface area contributed by atoms with E-state index in [9.17, 15) is 9.90 Å². The van der Waals surface area contributed by atoms with Gasteiger partial charge in [0.2, 0.25) is 5.91 Å². The summed E-state index contributed by atoms with van der Waals surface area (Å²) in [5.74, 6) is 0.344. The van der Waals surface area contributed by atoms with Crippen molar-refractivity contribution in [3.05, 3.63) is 12.2 Å². The summed E-state index contributed by atoms with van der Waals surface area (Å²) in [6.07, 6.45) is 5.01. The van der Waals surface area contributed by atoms with Crippen LogP contribution in [0.2, 0.25) is 0 Å². The Morgan fingerprint density at radius 2 is 2.25 bits per heavy atom. The van der Waals surface area contributed by atoms with E-state index in [1.165, 1.54) is 0 Å². The summed E-state index contributed by atoms with van der Waals surface area (Å²) in [5.41, 5.74) is 5.73. The third-order valence-corrected chi connectivity index (χ3v) is 3.66. The van der Waals surface area contributed by atoms with E-state index in [2.05, 4.69) is 0 Å². The van der Waals surface area contributed by atoms with Crippen molar-refractivity contribution in [1.82, 2.24) is 4.90 Å². The fraction of sp³-hybridized carbons (Fsp3) is 0.750. The third-order valence-electron chi connectivity index (χ3n) is 3.66. The fourth-order valence-electron chi connectivity index (χ4n) is 2.39. The number of piperidine rings is 1. The lowest BCUT2D eigenvalue weighted by atomic mass is 9.94. The Hall–Kier alpha value is -0.870. The Labute approximate surface area is 96.1 Å². The van der Waals surface area contributed by atoms with Crippen LogP contribution in [0.5, 0.6) is 0 Å². The van der Waals surface area contributed by atoms with Crippen molar-refractivity contribution in [2.45, 2.75) is 31.9 Å². The number of hydrogen-bond acceptors (Lipinski definition) is 3. The smallest absolute Gasteiger partial charge is 0.229 e. The van der Waals surface area contributed by atoms with Crippen molar-refractivity contribution in [3.8, 4) is 0 Å².